The van der Waals surface area contributed by atoms with Crippen LogP contribution in [0, 0.1) is 6.92 Å². The van der Waals surface area contributed by atoms with Crippen LogP contribution in [0.2, 0.25) is 0 Å². The molecule has 3 aromatic rings. The van der Waals surface area contributed by atoms with Crippen LogP contribution in [0.1, 0.15) is 36.4 Å². The molecule has 2 aromatic carbocycles. The van der Waals surface area contributed by atoms with Crippen LogP contribution in [-0.4, -0.2) is 30.3 Å². The molecule has 3 rings (SSSR count). The zero-order chi connectivity index (χ0) is 20.8. The second-order valence-electron chi connectivity index (χ2n) is 6.76. The van der Waals surface area contributed by atoms with Crippen LogP contribution in [0.5, 0.6) is 11.5 Å². The van der Waals surface area contributed by atoms with Gasteiger partial charge in [0.1, 0.15) is 11.5 Å². The van der Waals surface area contributed by atoms with Gasteiger partial charge in [0.25, 0.3) is 0 Å². The monoisotopic (exact) mass is 395 g/mol. The standard InChI is InChI=1S/C22H25N3O4/c1-14-5-7-16(8-6-14)22-25-24-21(29-22)12-11-20(26)23-15(2)18-13-17(27-3)9-10-19(18)28-4/h5-10,13,15H,11-12H2,1-4H3,(H,23,26)/t15-/m1/s1. The smallest absolute Gasteiger partial charge is 0.247 e. The van der Waals surface area contributed by atoms with Gasteiger partial charge in [0.2, 0.25) is 17.7 Å². The van der Waals surface area contributed by atoms with E-state index in [9.17, 15) is 4.79 Å². The molecule has 0 fully saturated rings. The van der Waals surface area contributed by atoms with Crippen molar-refractivity contribution in [1.82, 2.24) is 15.5 Å². The average molecular weight is 395 g/mol. The van der Waals surface area contributed by atoms with E-state index in [1.807, 2.05) is 56.3 Å². The van der Waals surface area contributed by atoms with Gasteiger partial charge in [-0.15, -0.1) is 10.2 Å². The lowest BCUT2D eigenvalue weighted by molar-refractivity contribution is -0.121. The maximum absolute atomic E-state index is 12.4. The number of carbonyl (C=O) groups is 1. The highest BCUT2D eigenvalue weighted by molar-refractivity contribution is 5.76. The summed E-state index contributed by atoms with van der Waals surface area (Å²) in [6.45, 7) is 3.92. The Kier molecular flexibility index (Phi) is 6.49. The Morgan fingerprint density at radius 2 is 1.86 bits per heavy atom. The molecule has 0 bridgehead atoms. The van der Waals surface area contributed by atoms with Crippen molar-refractivity contribution in [3.63, 3.8) is 0 Å². The van der Waals surface area contributed by atoms with E-state index in [4.69, 9.17) is 13.9 Å². The molecule has 0 aliphatic heterocycles. The number of ether oxygens (including phenoxy) is 2. The highest BCUT2D eigenvalue weighted by Crippen LogP contribution is 2.29. The topological polar surface area (TPSA) is 86.5 Å². The molecule has 1 atom stereocenters. The lowest BCUT2D eigenvalue weighted by Gasteiger charge is -2.18. The van der Waals surface area contributed by atoms with Gasteiger partial charge in [0.15, 0.2) is 0 Å². The molecule has 7 heteroatoms. The Morgan fingerprint density at radius 3 is 2.55 bits per heavy atom. The number of rotatable bonds is 8. The van der Waals surface area contributed by atoms with E-state index in [1.165, 1.54) is 0 Å². The summed E-state index contributed by atoms with van der Waals surface area (Å²) >= 11 is 0. The molecular weight excluding hydrogens is 370 g/mol. The molecule has 1 heterocycles. The molecule has 152 valence electrons. The number of nitrogens with zero attached hydrogens (tertiary/aromatic N) is 2. The van der Waals surface area contributed by atoms with Crippen LogP contribution in [0.3, 0.4) is 0 Å². The summed E-state index contributed by atoms with van der Waals surface area (Å²) in [4.78, 5) is 12.4. The van der Waals surface area contributed by atoms with Gasteiger partial charge in [0, 0.05) is 24.0 Å². The van der Waals surface area contributed by atoms with Crippen molar-refractivity contribution < 1.29 is 18.7 Å². The maximum Gasteiger partial charge on any atom is 0.247 e. The average Bonchev–Trinajstić information content (AvgIpc) is 3.21. The molecule has 0 spiro atoms. The van der Waals surface area contributed by atoms with Crippen molar-refractivity contribution in [2.75, 3.05) is 14.2 Å². The number of methoxy groups -OCH3 is 2. The Balaban J connectivity index is 1.58. The summed E-state index contributed by atoms with van der Waals surface area (Å²) < 4.78 is 16.3. The summed E-state index contributed by atoms with van der Waals surface area (Å²) in [5.41, 5.74) is 2.86. The molecule has 0 radical (unpaired) electrons. The first-order chi connectivity index (χ1) is 14.0. The summed E-state index contributed by atoms with van der Waals surface area (Å²) in [5, 5.41) is 11.1. The van der Waals surface area contributed by atoms with E-state index < -0.39 is 0 Å². The van der Waals surface area contributed by atoms with Crippen LogP contribution in [0.15, 0.2) is 46.9 Å². The molecule has 0 saturated heterocycles. The molecule has 29 heavy (non-hydrogen) atoms. The van der Waals surface area contributed by atoms with Gasteiger partial charge in [0.05, 0.1) is 20.3 Å². The van der Waals surface area contributed by atoms with Crippen molar-refractivity contribution in [3.8, 4) is 23.0 Å². The number of aryl methyl sites for hydroxylation is 2. The molecule has 7 nitrogen and oxygen atoms in total. The Hall–Kier alpha value is -3.35. The Bertz CT molecular complexity index is 966. The van der Waals surface area contributed by atoms with Crippen LogP contribution in [-0.2, 0) is 11.2 Å². The van der Waals surface area contributed by atoms with Gasteiger partial charge < -0.3 is 19.2 Å². The van der Waals surface area contributed by atoms with E-state index in [0.717, 1.165) is 16.7 Å². The normalized spacial score (nSPS) is 11.7. The number of carbonyl (C=O) groups excluding carboxylic acids is 1. The number of amides is 1. The minimum absolute atomic E-state index is 0.113. The molecular formula is C22H25N3O4. The van der Waals surface area contributed by atoms with Gasteiger partial charge >= 0.3 is 0 Å². The number of nitrogens with one attached hydrogen (secondary N) is 1. The van der Waals surface area contributed by atoms with Crippen LogP contribution >= 0.6 is 0 Å². The first-order valence-electron chi connectivity index (χ1n) is 9.41. The fourth-order valence-electron chi connectivity index (χ4n) is 2.96. The third kappa shape index (κ3) is 5.13. The van der Waals surface area contributed by atoms with Gasteiger partial charge in [-0.2, -0.15) is 0 Å². The maximum atomic E-state index is 12.4. The fraction of sp³-hybridized carbons (Fsp3) is 0.318. The predicted molar refractivity (Wildman–Crippen MR) is 109 cm³/mol. The third-order valence-electron chi connectivity index (χ3n) is 4.61. The van der Waals surface area contributed by atoms with E-state index in [2.05, 4.69) is 15.5 Å². The highest BCUT2D eigenvalue weighted by atomic mass is 16.5. The minimum Gasteiger partial charge on any atom is -0.497 e. The summed E-state index contributed by atoms with van der Waals surface area (Å²) in [6, 6.07) is 13.1. The summed E-state index contributed by atoms with van der Waals surface area (Å²) in [5.74, 6) is 2.17. The Labute approximate surface area is 170 Å². The number of aromatic nitrogens is 2. The summed E-state index contributed by atoms with van der Waals surface area (Å²) in [7, 11) is 3.20. The fourth-order valence-corrected chi connectivity index (χ4v) is 2.96. The second kappa shape index (κ2) is 9.23. The molecule has 1 amide bonds. The Morgan fingerprint density at radius 1 is 1.10 bits per heavy atom. The number of benzene rings is 2. The molecule has 1 N–H and O–H groups in total. The SMILES string of the molecule is COc1ccc(OC)c([C@@H](C)NC(=O)CCc2nnc(-c3ccc(C)cc3)o2)c1. The lowest BCUT2D eigenvalue weighted by atomic mass is 10.1. The quantitative estimate of drug-likeness (QED) is 0.623. The van der Waals surface area contributed by atoms with Crippen LogP contribution in [0.4, 0.5) is 0 Å². The van der Waals surface area contributed by atoms with Crippen LogP contribution < -0.4 is 14.8 Å². The van der Waals surface area contributed by atoms with Crippen molar-refractivity contribution >= 4 is 5.91 Å². The van der Waals surface area contributed by atoms with Crippen LogP contribution in [0.25, 0.3) is 11.5 Å². The van der Waals surface area contributed by atoms with Gasteiger partial charge in [-0.25, -0.2) is 0 Å². The minimum atomic E-state index is -0.238. The van der Waals surface area contributed by atoms with Gasteiger partial charge in [-0.1, -0.05) is 17.7 Å². The second-order valence-corrected chi connectivity index (χ2v) is 6.76. The number of hydrogen-bond acceptors (Lipinski definition) is 6. The van der Waals surface area contributed by atoms with Crippen molar-refractivity contribution in [3.05, 3.63) is 59.5 Å². The number of hydrogen-bond donors (Lipinski definition) is 1. The first-order valence-corrected chi connectivity index (χ1v) is 9.41. The zero-order valence-electron chi connectivity index (χ0n) is 17.1. The lowest BCUT2D eigenvalue weighted by Crippen LogP contribution is -2.27. The van der Waals surface area contributed by atoms with Gasteiger partial charge in [-0.3, -0.25) is 4.79 Å². The highest BCUT2D eigenvalue weighted by Gasteiger charge is 2.16. The molecule has 0 aliphatic carbocycles. The first kappa shape index (κ1) is 20.4. The van der Waals surface area contributed by atoms with E-state index in [-0.39, 0.29) is 18.4 Å². The molecule has 0 saturated carbocycles. The predicted octanol–water partition coefficient (Wildman–Crippen LogP) is 3.87. The van der Waals surface area contributed by atoms with Gasteiger partial charge in [-0.05, 0) is 44.2 Å². The van der Waals surface area contributed by atoms with E-state index >= 15 is 0 Å². The molecule has 0 aliphatic rings. The zero-order valence-corrected chi connectivity index (χ0v) is 17.1. The van der Waals surface area contributed by atoms with Crippen molar-refractivity contribution in [1.29, 1.82) is 0 Å². The van der Waals surface area contributed by atoms with E-state index in [1.54, 1.807) is 14.2 Å². The molecule has 0 unspecified atom stereocenters. The van der Waals surface area contributed by atoms with Crippen molar-refractivity contribution in [2.24, 2.45) is 0 Å². The largest absolute Gasteiger partial charge is 0.497 e. The molecule has 1 aromatic heterocycles. The third-order valence-corrected chi connectivity index (χ3v) is 4.61. The summed E-state index contributed by atoms with van der Waals surface area (Å²) in [6.07, 6.45) is 0.610. The van der Waals surface area contributed by atoms with Crippen molar-refractivity contribution in [2.45, 2.75) is 32.7 Å². The van der Waals surface area contributed by atoms with E-state index in [0.29, 0.717) is 29.7 Å².